The van der Waals surface area contributed by atoms with Gasteiger partial charge in [-0.15, -0.1) is 0 Å². The molecule has 0 saturated carbocycles. The van der Waals surface area contributed by atoms with Gasteiger partial charge in [0.25, 0.3) is 11.8 Å². The minimum atomic E-state index is -0.537. The summed E-state index contributed by atoms with van der Waals surface area (Å²) in [6.45, 7) is 9.61. The molecule has 226 valence electrons. The first-order valence-electron chi connectivity index (χ1n) is 14.2. The molecule has 3 amide bonds. The predicted molar refractivity (Wildman–Crippen MR) is 163 cm³/mol. The number of ether oxygens (including phenoxy) is 2. The van der Waals surface area contributed by atoms with E-state index < -0.39 is 17.5 Å². The van der Waals surface area contributed by atoms with E-state index in [1.165, 1.54) is 11.1 Å². The van der Waals surface area contributed by atoms with Gasteiger partial charge in [0, 0.05) is 61.2 Å². The van der Waals surface area contributed by atoms with E-state index in [4.69, 9.17) is 9.47 Å². The number of rotatable bonds is 8. The number of aromatic nitrogens is 1. The summed E-state index contributed by atoms with van der Waals surface area (Å²) in [5, 5.41) is 2.87. The number of pyridine rings is 1. The van der Waals surface area contributed by atoms with Gasteiger partial charge < -0.3 is 24.6 Å². The van der Waals surface area contributed by atoms with Crippen LogP contribution < -0.4 is 15.1 Å². The molecule has 1 N–H and O–H groups in total. The molecule has 4 rings (SSSR count). The van der Waals surface area contributed by atoms with Crippen molar-refractivity contribution in [2.24, 2.45) is 0 Å². The molecule has 0 bridgehead atoms. The zero-order valence-electron chi connectivity index (χ0n) is 24.9. The third-order valence-corrected chi connectivity index (χ3v) is 6.61. The van der Waals surface area contributed by atoms with Crippen LogP contribution >= 0.6 is 0 Å². The van der Waals surface area contributed by atoms with Crippen molar-refractivity contribution in [3.8, 4) is 0 Å². The highest BCUT2D eigenvalue weighted by Gasteiger charge is 2.26. The third kappa shape index (κ3) is 8.54. The summed E-state index contributed by atoms with van der Waals surface area (Å²) in [5.41, 5.74) is 2.24. The van der Waals surface area contributed by atoms with Gasteiger partial charge in [0.2, 0.25) is 0 Å². The first-order chi connectivity index (χ1) is 20.5. The lowest BCUT2D eigenvalue weighted by Crippen LogP contribution is -2.50. The SMILES string of the molecule is CCOC(=O)CN(C(=O)c1cccnc1)c1ccc(NC(=O)c2ccc(N3CCN(C(=O)OC(C)(C)C)CC3)cc2)cc1. The van der Waals surface area contributed by atoms with Crippen LogP contribution in [0.1, 0.15) is 48.4 Å². The zero-order valence-corrected chi connectivity index (χ0v) is 24.9. The van der Waals surface area contributed by atoms with E-state index in [1.54, 1.807) is 66.6 Å². The molecule has 0 radical (unpaired) electrons. The minimum Gasteiger partial charge on any atom is -0.465 e. The number of carbonyl (C=O) groups is 4. The van der Waals surface area contributed by atoms with Gasteiger partial charge in [-0.1, -0.05) is 0 Å². The summed E-state index contributed by atoms with van der Waals surface area (Å²) in [4.78, 5) is 59.8. The molecule has 1 aliphatic rings. The van der Waals surface area contributed by atoms with Crippen LogP contribution in [0.25, 0.3) is 0 Å². The van der Waals surface area contributed by atoms with E-state index in [0.717, 1.165) is 5.69 Å². The first kappa shape index (κ1) is 31.0. The van der Waals surface area contributed by atoms with Crippen LogP contribution in [-0.2, 0) is 14.3 Å². The molecule has 1 fully saturated rings. The average Bonchev–Trinajstić information content (AvgIpc) is 3.00. The Balaban J connectivity index is 1.36. The normalized spacial score (nSPS) is 13.2. The number of nitrogens with zero attached hydrogens (tertiary/aromatic N) is 4. The Morgan fingerprint density at radius 3 is 2.16 bits per heavy atom. The Morgan fingerprint density at radius 2 is 1.58 bits per heavy atom. The molecule has 2 aromatic carbocycles. The molecule has 0 unspecified atom stereocenters. The van der Waals surface area contributed by atoms with E-state index >= 15 is 0 Å². The molecule has 0 aliphatic carbocycles. The highest BCUT2D eigenvalue weighted by atomic mass is 16.6. The summed E-state index contributed by atoms with van der Waals surface area (Å²) in [7, 11) is 0. The highest BCUT2D eigenvalue weighted by Crippen LogP contribution is 2.22. The standard InChI is InChI=1S/C32H37N5O6/c1-5-42-28(38)22-37(30(40)24-7-6-16-33-21-24)27-14-10-25(11-15-27)34-29(39)23-8-12-26(13-9-23)35-17-19-36(20-18-35)31(41)43-32(2,3)4/h6-16,21H,5,17-20,22H2,1-4H3,(H,34,39). The molecule has 1 saturated heterocycles. The number of nitrogens with one attached hydrogen (secondary N) is 1. The predicted octanol–water partition coefficient (Wildman–Crippen LogP) is 4.60. The topological polar surface area (TPSA) is 121 Å². The van der Waals surface area contributed by atoms with Crippen LogP contribution in [0.5, 0.6) is 0 Å². The van der Waals surface area contributed by atoms with Crippen LogP contribution in [0, 0.1) is 0 Å². The van der Waals surface area contributed by atoms with Crippen molar-refractivity contribution >= 4 is 40.9 Å². The van der Waals surface area contributed by atoms with Crippen LogP contribution in [0.4, 0.5) is 21.9 Å². The summed E-state index contributed by atoms with van der Waals surface area (Å²) in [6.07, 6.45) is 2.69. The minimum absolute atomic E-state index is 0.199. The Kier molecular flexibility index (Phi) is 9.97. The Hall–Kier alpha value is -4.93. The fourth-order valence-corrected chi connectivity index (χ4v) is 4.49. The number of benzene rings is 2. The summed E-state index contributed by atoms with van der Waals surface area (Å²) < 4.78 is 10.5. The van der Waals surface area contributed by atoms with Crippen molar-refractivity contribution < 1.29 is 28.7 Å². The van der Waals surface area contributed by atoms with Gasteiger partial charge in [0.05, 0.1) is 12.2 Å². The van der Waals surface area contributed by atoms with Crippen LogP contribution in [-0.4, -0.2) is 78.7 Å². The Labute approximate surface area is 251 Å². The van der Waals surface area contributed by atoms with Crippen molar-refractivity contribution in [1.82, 2.24) is 9.88 Å². The molecular formula is C32H37N5O6. The number of piperazine rings is 1. The molecule has 0 spiro atoms. The monoisotopic (exact) mass is 587 g/mol. The molecule has 11 heteroatoms. The second kappa shape index (κ2) is 13.8. The molecule has 43 heavy (non-hydrogen) atoms. The number of hydrogen-bond acceptors (Lipinski definition) is 8. The lowest BCUT2D eigenvalue weighted by molar-refractivity contribution is -0.141. The molecule has 2 heterocycles. The van der Waals surface area contributed by atoms with Gasteiger partial charge in [-0.25, -0.2) is 4.79 Å². The molecular weight excluding hydrogens is 550 g/mol. The lowest BCUT2D eigenvalue weighted by atomic mass is 10.1. The van der Waals surface area contributed by atoms with Crippen molar-refractivity contribution in [1.29, 1.82) is 0 Å². The van der Waals surface area contributed by atoms with Crippen LogP contribution in [0.3, 0.4) is 0 Å². The second-order valence-corrected chi connectivity index (χ2v) is 10.9. The van der Waals surface area contributed by atoms with E-state index in [9.17, 15) is 19.2 Å². The molecule has 1 aliphatic heterocycles. The molecule has 3 aromatic rings. The Morgan fingerprint density at radius 1 is 0.907 bits per heavy atom. The zero-order chi connectivity index (χ0) is 31.0. The Bertz CT molecular complexity index is 1410. The van der Waals surface area contributed by atoms with Gasteiger partial charge in [0.15, 0.2) is 0 Å². The highest BCUT2D eigenvalue weighted by molar-refractivity contribution is 6.08. The van der Waals surface area contributed by atoms with Crippen LogP contribution in [0.15, 0.2) is 73.1 Å². The molecule has 0 atom stereocenters. The number of hydrogen-bond donors (Lipinski definition) is 1. The van der Waals surface area contributed by atoms with Crippen molar-refractivity contribution in [2.75, 3.05) is 54.4 Å². The molecule has 1 aromatic heterocycles. The average molecular weight is 588 g/mol. The van der Waals surface area contributed by atoms with E-state index in [1.807, 2.05) is 32.9 Å². The summed E-state index contributed by atoms with van der Waals surface area (Å²) in [6, 6.07) is 17.2. The van der Waals surface area contributed by atoms with E-state index in [2.05, 4.69) is 15.2 Å². The second-order valence-electron chi connectivity index (χ2n) is 10.9. The summed E-state index contributed by atoms with van der Waals surface area (Å²) >= 11 is 0. The number of carbonyl (C=O) groups excluding carboxylic acids is 4. The fraction of sp³-hybridized carbons (Fsp3) is 0.344. The van der Waals surface area contributed by atoms with Crippen molar-refractivity contribution in [3.05, 3.63) is 84.2 Å². The van der Waals surface area contributed by atoms with E-state index in [-0.39, 0.29) is 25.2 Å². The van der Waals surface area contributed by atoms with Gasteiger partial charge in [-0.2, -0.15) is 0 Å². The van der Waals surface area contributed by atoms with Crippen molar-refractivity contribution in [2.45, 2.75) is 33.3 Å². The largest absolute Gasteiger partial charge is 0.465 e. The van der Waals surface area contributed by atoms with Gasteiger partial charge >= 0.3 is 12.1 Å². The van der Waals surface area contributed by atoms with Crippen LogP contribution in [0.2, 0.25) is 0 Å². The van der Waals surface area contributed by atoms with Gasteiger partial charge in [0.1, 0.15) is 12.1 Å². The number of anilines is 3. The quantitative estimate of drug-likeness (QED) is 0.380. The first-order valence-corrected chi connectivity index (χ1v) is 14.2. The molecule has 11 nitrogen and oxygen atoms in total. The van der Waals surface area contributed by atoms with E-state index in [0.29, 0.717) is 48.7 Å². The smallest absolute Gasteiger partial charge is 0.410 e. The number of amides is 3. The van der Waals surface area contributed by atoms with Gasteiger partial charge in [-0.3, -0.25) is 24.3 Å². The fourth-order valence-electron chi connectivity index (χ4n) is 4.49. The third-order valence-electron chi connectivity index (χ3n) is 6.61. The van der Waals surface area contributed by atoms with Crippen molar-refractivity contribution in [3.63, 3.8) is 0 Å². The summed E-state index contributed by atoms with van der Waals surface area (Å²) in [5.74, 6) is -1.22. The lowest BCUT2D eigenvalue weighted by Gasteiger charge is -2.36. The van der Waals surface area contributed by atoms with Gasteiger partial charge in [-0.05, 0) is 88.4 Å². The maximum atomic E-state index is 13.2. The maximum Gasteiger partial charge on any atom is 0.410 e. The number of esters is 1. The maximum absolute atomic E-state index is 13.2.